The molecule has 1 fully saturated rings. The fourth-order valence-electron chi connectivity index (χ4n) is 3.11. The number of alkyl halides is 3. The molecule has 1 saturated heterocycles. The van der Waals surface area contributed by atoms with E-state index in [2.05, 4.69) is 10.00 Å². The number of nitrogens with zero attached hydrogens (tertiary/aromatic N) is 4. The minimum atomic E-state index is -4.63. The lowest BCUT2D eigenvalue weighted by Crippen LogP contribution is -2.37. The van der Waals surface area contributed by atoms with E-state index in [9.17, 15) is 18.0 Å². The van der Waals surface area contributed by atoms with Gasteiger partial charge in [-0.2, -0.15) is 13.2 Å². The number of likely N-dealkylation sites (tertiary alicyclic amines) is 1. The predicted octanol–water partition coefficient (Wildman–Crippen LogP) is 3.09. The molecule has 0 amide bonds. The van der Waals surface area contributed by atoms with Crippen molar-refractivity contribution in [3.8, 4) is 0 Å². The summed E-state index contributed by atoms with van der Waals surface area (Å²) in [5, 5.41) is 4.21. The van der Waals surface area contributed by atoms with Crippen LogP contribution in [0.2, 0.25) is 5.02 Å². The largest absolute Gasteiger partial charge is 0.451 e. The smallest absolute Gasteiger partial charge is 0.299 e. The first-order valence-electron chi connectivity index (χ1n) is 7.95. The molecule has 2 heterocycles. The maximum absolute atomic E-state index is 12.9. The second-order valence-electron chi connectivity index (χ2n) is 6.24. The summed E-state index contributed by atoms with van der Waals surface area (Å²) in [7, 11) is 1.10. The highest BCUT2D eigenvalue weighted by Gasteiger charge is 2.39. The van der Waals surface area contributed by atoms with Crippen molar-refractivity contribution in [2.24, 2.45) is 7.05 Å². The van der Waals surface area contributed by atoms with Crippen LogP contribution < -0.4 is 5.69 Å². The average Bonchev–Trinajstić information content (AvgIpc) is 2.86. The Morgan fingerprint density at radius 3 is 2.32 bits per heavy atom. The van der Waals surface area contributed by atoms with Crippen molar-refractivity contribution in [2.75, 3.05) is 13.1 Å². The Labute approximate surface area is 147 Å². The standard InChI is InChI=1S/C16H18ClF3N4O/c1-22-14(16(18,19)20)21-24(15(22)25)13-6-8-23(9-7-13)10-11-2-4-12(17)5-3-11/h2-5,13H,6-10H2,1H3. The Kier molecular flexibility index (Phi) is 4.92. The molecule has 25 heavy (non-hydrogen) atoms. The Hall–Kier alpha value is -1.80. The fraction of sp³-hybridized carbons (Fsp3) is 0.500. The number of benzene rings is 1. The summed E-state index contributed by atoms with van der Waals surface area (Å²) in [6.07, 6.45) is -3.46. The summed E-state index contributed by atoms with van der Waals surface area (Å²) in [5.41, 5.74) is 0.403. The Morgan fingerprint density at radius 2 is 1.80 bits per heavy atom. The summed E-state index contributed by atoms with van der Waals surface area (Å²) in [6.45, 7) is 2.13. The van der Waals surface area contributed by atoms with Crippen molar-refractivity contribution in [3.05, 3.63) is 51.2 Å². The molecule has 1 aliphatic heterocycles. The first kappa shape index (κ1) is 18.0. The molecule has 3 rings (SSSR count). The van der Waals surface area contributed by atoms with Crippen LogP contribution in [0.25, 0.3) is 0 Å². The first-order valence-corrected chi connectivity index (χ1v) is 8.33. The molecule has 9 heteroatoms. The lowest BCUT2D eigenvalue weighted by Gasteiger charge is -2.31. The fourth-order valence-corrected chi connectivity index (χ4v) is 3.24. The molecule has 0 saturated carbocycles. The van der Waals surface area contributed by atoms with Gasteiger partial charge in [-0.1, -0.05) is 23.7 Å². The van der Waals surface area contributed by atoms with Gasteiger partial charge in [-0.3, -0.25) is 9.47 Å². The normalized spacial score (nSPS) is 17.2. The number of hydrogen-bond acceptors (Lipinski definition) is 3. The zero-order valence-corrected chi connectivity index (χ0v) is 14.4. The van der Waals surface area contributed by atoms with E-state index in [1.165, 1.54) is 0 Å². The highest BCUT2D eigenvalue weighted by Crippen LogP contribution is 2.28. The zero-order chi connectivity index (χ0) is 18.2. The van der Waals surface area contributed by atoms with Crippen LogP contribution in [0.5, 0.6) is 0 Å². The molecule has 0 unspecified atom stereocenters. The van der Waals surface area contributed by atoms with Crippen LogP contribution >= 0.6 is 11.6 Å². The number of halogens is 4. The Bertz CT molecular complexity index is 789. The van der Waals surface area contributed by atoms with Gasteiger partial charge in [-0.15, -0.1) is 5.10 Å². The number of piperidine rings is 1. The SMILES string of the molecule is Cn1c(C(F)(F)F)nn(C2CCN(Cc3ccc(Cl)cc3)CC2)c1=O. The second-order valence-corrected chi connectivity index (χ2v) is 6.68. The average molecular weight is 375 g/mol. The molecule has 2 aromatic rings. The third kappa shape index (κ3) is 3.90. The van der Waals surface area contributed by atoms with Crippen LogP contribution in [0, 0.1) is 0 Å². The molecular weight excluding hydrogens is 357 g/mol. The number of hydrogen-bond donors (Lipinski definition) is 0. The molecule has 0 spiro atoms. The minimum Gasteiger partial charge on any atom is -0.299 e. The van der Waals surface area contributed by atoms with Crippen molar-refractivity contribution in [1.82, 2.24) is 19.2 Å². The highest BCUT2D eigenvalue weighted by molar-refractivity contribution is 6.30. The van der Waals surface area contributed by atoms with Gasteiger partial charge in [-0.25, -0.2) is 9.48 Å². The van der Waals surface area contributed by atoms with E-state index in [4.69, 9.17) is 11.6 Å². The highest BCUT2D eigenvalue weighted by atomic mass is 35.5. The molecule has 0 atom stereocenters. The van der Waals surface area contributed by atoms with Gasteiger partial charge in [0.25, 0.3) is 0 Å². The summed E-state index contributed by atoms with van der Waals surface area (Å²) >= 11 is 5.87. The molecule has 0 aliphatic carbocycles. The van der Waals surface area contributed by atoms with E-state index in [0.29, 0.717) is 35.5 Å². The molecule has 1 aromatic heterocycles. The third-order valence-electron chi connectivity index (χ3n) is 4.48. The van der Waals surface area contributed by atoms with E-state index in [0.717, 1.165) is 23.8 Å². The Morgan fingerprint density at radius 1 is 1.20 bits per heavy atom. The Balaban J connectivity index is 1.66. The lowest BCUT2D eigenvalue weighted by molar-refractivity contribution is -0.147. The van der Waals surface area contributed by atoms with Gasteiger partial charge in [-0.05, 0) is 30.5 Å². The van der Waals surface area contributed by atoms with Crippen LogP contribution in [0.15, 0.2) is 29.1 Å². The van der Waals surface area contributed by atoms with Crippen molar-refractivity contribution in [2.45, 2.75) is 31.6 Å². The molecule has 0 radical (unpaired) electrons. The molecule has 1 aromatic carbocycles. The summed E-state index contributed by atoms with van der Waals surface area (Å²) < 4.78 is 40.2. The maximum atomic E-state index is 12.9. The maximum Gasteiger partial charge on any atom is 0.451 e. The third-order valence-corrected chi connectivity index (χ3v) is 4.73. The van der Waals surface area contributed by atoms with E-state index in [-0.39, 0.29) is 6.04 Å². The number of aromatic nitrogens is 3. The van der Waals surface area contributed by atoms with E-state index in [1.807, 2.05) is 24.3 Å². The van der Waals surface area contributed by atoms with Crippen molar-refractivity contribution >= 4 is 11.6 Å². The van der Waals surface area contributed by atoms with E-state index in [1.54, 1.807) is 0 Å². The predicted molar refractivity (Wildman–Crippen MR) is 87.5 cm³/mol. The van der Waals surface area contributed by atoms with E-state index >= 15 is 0 Å². The number of rotatable bonds is 3. The first-order chi connectivity index (χ1) is 11.8. The van der Waals surface area contributed by atoms with Crippen molar-refractivity contribution in [3.63, 3.8) is 0 Å². The monoisotopic (exact) mass is 374 g/mol. The van der Waals surface area contributed by atoms with Gasteiger partial charge in [0.1, 0.15) is 0 Å². The molecule has 0 N–H and O–H groups in total. The van der Waals surface area contributed by atoms with Gasteiger partial charge in [0.05, 0.1) is 6.04 Å². The van der Waals surface area contributed by atoms with Crippen LogP contribution in [0.3, 0.4) is 0 Å². The van der Waals surface area contributed by atoms with Crippen LogP contribution in [-0.2, 0) is 19.8 Å². The van der Waals surface area contributed by atoms with Gasteiger partial charge in [0, 0.05) is 31.7 Å². The van der Waals surface area contributed by atoms with Crippen LogP contribution in [-0.4, -0.2) is 32.3 Å². The quantitative estimate of drug-likeness (QED) is 0.829. The molecule has 5 nitrogen and oxygen atoms in total. The van der Waals surface area contributed by atoms with Crippen LogP contribution in [0.1, 0.15) is 30.3 Å². The summed E-state index contributed by atoms with van der Waals surface area (Å²) in [4.78, 5) is 14.3. The van der Waals surface area contributed by atoms with Gasteiger partial charge in [0.2, 0.25) is 5.82 Å². The topological polar surface area (TPSA) is 43.1 Å². The van der Waals surface area contributed by atoms with Gasteiger partial charge < -0.3 is 0 Å². The van der Waals surface area contributed by atoms with Gasteiger partial charge in [0.15, 0.2) is 0 Å². The summed E-state index contributed by atoms with van der Waals surface area (Å²) in [5.74, 6) is -1.15. The minimum absolute atomic E-state index is 0.309. The second kappa shape index (κ2) is 6.84. The molecule has 0 bridgehead atoms. The molecular formula is C16H18ClF3N4O. The zero-order valence-electron chi connectivity index (χ0n) is 13.6. The molecule has 136 valence electrons. The summed E-state index contributed by atoms with van der Waals surface area (Å²) in [6, 6.07) is 7.25. The van der Waals surface area contributed by atoms with Crippen molar-refractivity contribution in [1.29, 1.82) is 0 Å². The lowest BCUT2D eigenvalue weighted by atomic mass is 10.0. The van der Waals surface area contributed by atoms with Crippen molar-refractivity contribution < 1.29 is 13.2 Å². The van der Waals surface area contributed by atoms with Gasteiger partial charge >= 0.3 is 11.9 Å². The van der Waals surface area contributed by atoms with E-state index < -0.39 is 17.7 Å². The van der Waals surface area contributed by atoms with Crippen LogP contribution in [0.4, 0.5) is 13.2 Å². The molecule has 1 aliphatic rings.